The third-order valence-electron chi connectivity index (χ3n) is 3.22. The Hall–Kier alpha value is -2.17. The highest BCUT2D eigenvalue weighted by molar-refractivity contribution is 7.88. The summed E-state index contributed by atoms with van der Waals surface area (Å²) >= 11 is 0. The summed E-state index contributed by atoms with van der Waals surface area (Å²) in [5, 5.41) is 17.8. The summed E-state index contributed by atoms with van der Waals surface area (Å²) in [5.41, 5.74) is 0.734. The number of hydrogen-bond acceptors (Lipinski definition) is 4. The van der Waals surface area contributed by atoms with Crippen LogP contribution in [0.25, 0.3) is 0 Å². The van der Waals surface area contributed by atoms with Gasteiger partial charge in [-0.2, -0.15) is 5.26 Å². The minimum absolute atomic E-state index is 0.203. The molecule has 110 valence electrons. The number of nitrogens with zero attached hydrogens (tertiary/aromatic N) is 1. The Morgan fingerprint density at radius 3 is 2.71 bits per heavy atom. The van der Waals surface area contributed by atoms with Crippen LogP contribution >= 0.6 is 0 Å². The molecule has 0 bridgehead atoms. The van der Waals surface area contributed by atoms with Crippen LogP contribution in [-0.2, 0) is 20.6 Å². The average Bonchev–Trinajstić information content (AvgIpc) is 2.86. The molecule has 0 aliphatic heterocycles. The fourth-order valence-corrected chi connectivity index (χ4v) is 3.58. The molecule has 0 saturated heterocycles. The Morgan fingerprint density at radius 2 is 2.10 bits per heavy atom. The van der Waals surface area contributed by atoms with Crippen molar-refractivity contribution in [3.8, 4) is 6.07 Å². The average molecular weight is 306 g/mol. The van der Waals surface area contributed by atoms with Gasteiger partial charge in [0.2, 0.25) is 10.0 Å². The van der Waals surface area contributed by atoms with Gasteiger partial charge in [-0.1, -0.05) is 30.4 Å². The third-order valence-corrected chi connectivity index (χ3v) is 4.57. The molecular formula is C14H14N2O4S. The zero-order chi connectivity index (χ0) is 15.5. The summed E-state index contributed by atoms with van der Waals surface area (Å²) in [7, 11) is -3.65. The zero-order valence-corrected chi connectivity index (χ0v) is 11.9. The van der Waals surface area contributed by atoms with Crippen molar-refractivity contribution in [2.45, 2.75) is 18.2 Å². The largest absolute Gasteiger partial charge is 0.481 e. The van der Waals surface area contributed by atoms with Gasteiger partial charge < -0.3 is 5.11 Å². The Morgan fingerprint density at radius 1 is 1.38 bits per heavy atom. The van der Waals surface area contributed by atoms with Crippen LogP contribution in [0.1, 0.15) is 17.5 Å². The van der Waals surface area contributed by atoms with E-state index in [1.165, 1.54) is 6.08 Å². The van der Waals surface area contributed by atoms with E-state index in [4.69, 9.17) is 10.4 Å². The van der Waals surface area contributed by atoms with Gasteiger partial charge in [-0.3, -0.25) is 4.79 Å². The van der Waals surface area contributed by atoms with E-state index in [1.54, 1.807) is 30.3 Å². The van der Waals surface area contributed by atoms with E-state index in [2.05, 4.69) is 4.72 Å². The van der Waals surface area contributed by atoms with Crippen LogP contribution in [0, 0.1) is 17.2 Å². The fraction of sp³-hybridized carbons (Fsp3) is 0.286. The summed E-state index contributed by atoms with van der Waals surface area (Å²) in [6, 6.07) is 7.90. The molecule has 1 aromatic carbocycles. The van der Waals surface area contributed by atoms with E-state index < -0.39 is 28.0 Å². The molecule has 0 spiro atoms. The number of sulfonamides is 1. The second-order valence-corrected chi connectivity index (χ2v) is 6.57. The van der Waals surface area contributed by atoms with Crippen molar-refractivity contribution in [2.75, 3.05) is 0 Å². The normalized spacial score (nSPS) is 21.1. The first-order valence-electron chi connectivity index (χ1n) is 6.30. The van der Waals surface area contributed by atoms with Crippen molar-refractivity contribution in [1.82, 2.24) is 4.72 Å². The van der Waals surface area contributed by atoms with Gasteiger partial charge in [0.05, 0.1) is 23.3 Å². The molecule has 1 aliphatic carbocycles. The van der Waals surface area contributed by atoms with Crippen LogP contribution in [0.2, 0.25) is 0 Å². The van der Waals surface area contributed by atoms with Crippen molar-refractivity contribution in [2.24, 2.45) is 5.92 Å². The lowest BCUT2D eigenvalue weighted by atomic mass is 10.1. The highest BCUT2D eigenvalue weighted by atomic mass is 32.2. The quantitative estimate of drug-likeness (QED) is 0.789. The molecule has 2 atom stereocenters. The zero-order valence-electron chi connectivity index (χ0n) is 11.1. The summed E-state index contributed by atoms with van der Waals surface area (Å²) in [4.78, 5) is 10.8. The molecule has 6 nitrogen and oxygen atoms in total. The first kappa shape index (κ1) is 15.2. The van der Waals surface area contributed by atoms with E-state index in [0.29, 0.717) is 11.1 Å². The van der Waals surface area contributed by atoms with Gasteiger partial charge in [0, 0.05) is 6.04 Å². The van der Waals surface area contributed by atoms with E-state index in [0.717, 1.165) is 0 Å². The Labute approximate surface area is 122 Å². The number of rotatable bonds is 5. The van der Waals surface area contributed by atoms with E-state index >= 15 is 0 Å². The number of nitriles is 1. The molecular weight excluding hydrogens is 292 g/mol. The standard InChI is InChI=1S/C14H14N2O4S/c15-8-11-3-1-2-4-12(11)9-21(19,20)16-13-6-5-10(7-13)14(17)18/h1-6,10,13,16H,7,9H2,(H,17,18). The molecule has 0 aromatic heterocycles. The Balaban J connectivity index is 2.06. The van der Waals surface area contributed by atoms with Crippen molar-refractivity contribution < 1.29 is 18.3 Å². The summed E-state index contributed by atoms with van der Waals surface area (Å²) in [5.74, 6) is -1.94. The van der Waals surface area contributed by atoms with Crippen LogP contribution in [0.5, 0.6) is 0 Å². The summed E-state index contributed by atoms with van der Waals surface area (Å²) in [6.45, 7) is 0. The maximum atomic E-state index is 12.1. The van der Waals surface area contributed by atoms with Crippen molar-refractivity contribution in [3.05, 3.63) is 47.5 Å². The smallest absolute Gasteiger partial charge is 0.310 e. The molecule has 1 aromatic rings. The maximum Gasteiger partial charge on any atom is 0.310 e. The van der Waals surface area contributed by atoms with Gasteiger partial charge in [-0.25, -0.2) is 13.1 Å². The number of nitrogens with one attached hydrogen (secondary N) is 1. The molecule has 0 heterocycles. The number of aliphatic carboxylic acids is 1. The van der Waals surface area contributed by atoms with Crippen LogP contribution in [-0.4, -0.2) is 25.5 Å². The maximum absolute atomic E-state index is 12.1. The molecule has 0 saturated carbocycles. The highest BCUT2D eigenvalue weighted by Crippen LogP contribution is 2.19. The fourth-order valence-electron chi connectivity index (χ4n) is 2.20. The molecule has 2 rings (SSSR count). The van der Waals surface area contributed by atoms with Gasteiger partial charge >= 0.3 is 5.97 Å². The number of carbonyl (C=O) groups is 1. The van der Waals surface area contributed by atoms with Gasteiger partial charge in [0.15, 0.2) is 0 Å². The van der Waals surface area contributed by atoms with E-state index in [-0.39, 0.29) is 12.2 Å². The van der Waals surface area contributed by atoms with E-state index in [1.807, 2.05) is 6.07 Å². The topological polar surface area (TPSA) is 107 Å². The van der Waals surface area contributed by atoms with Gasteiger partial charge in [0.25, 0.3) is 0 Å². The number of benzene rings is 1. The number of hydrogen-bond donors (Lipinski definition) is 2. The minimum atomic E-state index is -3.65. The van der Waals surface area contributed by atoms with Gasteiger partial charge in [-0.05, 0) is 18.1 Å². The summed E-state index contributed by atoms with van der Waals surface area (Å²) in [6.07, 6.45) is 3.24. The number of carboxylic acid groups (broad SMARTS) is 1. The van der Waals surface area contributed by atoms with Gasteiger partial charge in [0.1, 0.15) is 0 Å². The van der Waals surface area contributed by atoms with Crippen molar-refractivity contribution in [3.63, 3.8) is 0 Å². The van der Waals surface area contributed by atoms with Crippen molar-refractivity contribution in [1.29, 1.82) is 5.26 Å². The lowest BCUT2D eigenvalue weighted by molar-refractivity contribution is -0.140. The van der Waals surface area contributed by atoms with Crippen LogP contribution in [0.3, 0.4) is 0 Å². The second kappa shape index (κ2) is 6.08. The third kappa shape index (κ3) is 3.90. The lowest BCUT2D eigenvalue weighted by Crippen LogP contribution is -2.34. The van der Waals surface area contributed by atoms with Crippen molar-refractivity contribution >= 4 is 16.0 Å². The highest BCUT2D eigenvalue weighted by Gasteiger charge is 2.27. The molecule has 21 heavy (non-hydrogen) atoms. The Bertz CT molecular complexity index is 719. The van der Waals surface area contributed by atoms with Crippen LogP contribution in [0.15, 0.2) is 36.4 Å². The Kier molecular flexibility index (Phi) is 4.40. The molecule has 0 amide bonds. The monoisotopic (exact) mass is 306 g/mol. The van der Waals surface area contributed by atoms with Crippen LogP contribution < -0.4 is 4.72 Å². The van der Waals surface area contributed by atoms with E-state index in [9.17, 15) is 13.2 Å². The molecule has 2 N–H and O–H groups in total. The van der Waals surface area contributed by atoms with Crippen LogP contribution in [0.4, 0.5) is 0 Å². The minimum Gasteiger partial charge on any atom is -0.481 e. The lowest BCUT2D eigenvalue weighted by Gasteiger charge is -2.13. The summed E-state index contributed by atoms with van der Waals surface area (Å²) < 4.78 is 26.7. The number of carboxylic acids is 1. The SMILES string of the molecule is N#Cc1ccccc1CS(=O)(=O)NC1C=CC(C(=O)O)C1. The second-order valence-electron chi connectivity index (χ2n) is 4.82. The molecule has 2 unspecified atom stereocenters. The molecule has 0 fully saturated rings. The predicted molar refractivity (Wildman–Crippen MR) is 75.6 cm³/mol. The molecule has 0 radical (unpaired) electrons. The predicted octanol–water partition coefficient (Wildman–Crippen LogP) is 1.01. The molecule has 7 heteroatoms. The first-order chi connectivity index (χ1) is 9.91. The van der Waals surface area contributed by atoms with Gasteiger partial charge in [-0.15, -0.1) is 0 Å². The first-order valence-corrected chi connectivity index (χ1v) is 7.95. The molecule has 1 aliphatic rings.